The highest BCUT2D eigenvalue weighted by molar-refractivity contribution is 6.15. The Hall–Kier alpha value is -3.93. The van der Waals surface area contributed by atoms with Crippen LogP contribution in [0.25, 0.3) is 5.69 Å². The van der Waals surface area contributed by atoms with Crippen LogP contribution in [-0.4, -0.2) is 27.6 Å². The van der Waals surface area contributed by atoms with Crippen molar-refractivity contribution >= 4 is 11.7 Å². The first-order valence-electron chi connectivity index (χ1n) is 9.81. The van der Waals surface area contributed by atoms with Gasteiger partial charge in [0.25, 0.3) is 5.95 Å². The molecule has 3 aromatic carbocycles. The molecule has 2 heterocycles. The number of aromatic nitrogens is 3. The molecule has 6 heteroatoms. The van der Waals surface area contributed by atoms with Gasteiger partial charge in [0, 0.05) is 11.1 Å². The number of benzene rings is 3. The molecule has 0 spiro atoms. The molecule has 0 saturated carbocycles. The molecule has 4 aromatic rings. The highest BCUT2D eigenvalue weighted by atomic mass is 16.5. The van der Waals surface area contributed by atoms with E-state index >= 15 is 0 Å². The summed E-state index contributed by atoms with van der Waals surface area (Å²) in [6, 6.07) is 26.5. The third-order valence-electron chi connectivity index (χ3n) is 5.20. The van der Waals surface area contributed by atoms with Crippen LogP contribution in [0.3, 0.4) is 0 Å². The molecule has 30 heavy (non-hydrogen) atoms. The van der Waals surface area contributed by atoms with E-state index in [0.717, 1.165) is 39.7 Å². The Bertz CT molecular complexity index is 1210. The zero-order valence-electron chi connectivity index (χ0n) is 16.9. The molecule has 0 bridgehead atoms. The van der Waals surface area contributed by atoms with Crippen molar-refractivity contribution in [2.24, 2.45) is 5.10 Å². The predicted molar refractivity (Wildman–Crippen MR) is 117 cm³/mol. The largest absolute Gasteiger partial charge is 0.497 e. The van der Waals surface area contributed by atoms with Crippen molar-refractivity contribution in [3.8, 4) is 11.4 Å². The number of aryl methyl sites for hydroxylation is 1. The van der Waals surface area contributed by atoms with Crippen molar-refractivity contribution in [2.45, 2.75) is 13.5 Å². The number of methoxy groups -OCH3 is 1. The fourth-order valence-corrected chi connectivity index (χ4v) is 3.71. The van der Waals surface area contributed by atoms with Crippen LogP contribution in [0.1, 0.15) is 22.5 Å². The quantitative estimate of drug-likeness (QED) is 0.515. The van der Waals surface area contributed by atoms with Crippen molar-refractivity contribution in [1.82, 2.24) is 14.8 Å². The molecule has 0 fully saturated rings. The van der Waals surface area contributed by atoms with Crippen LogP contribution in [0.15, 0.2) is 84.0 Å². The lowest BCUT2D eigenvalue weighted by Gasteiger charge is -2.18. The van der Waals surface area contributed by atoms with Crippen molar-refractivity contribution < 1.29 is 4.74 Å². The van der Waals surface area contributed by atoms with Crippen LogP contribution in [0.5, 0.6) is 5.75 Å². The zero-order valence-corrected chi connectivity index (χ0v) is 16.9. The Balaban J connectivity index is 1.68. The average Bonchev–Trinajstić information content (AvgIpc) is 3.12. The molecule has 0 atom stereocenters. The van der Waals surface area contributed by atoms with Gasteiger partial charge in [-0.05, 0) is 30.7 Å². The molecule has 5 rings (SSSR count). The molecule has 0 N–H and O–H groups in total. The lowest BCUT2D eigenvalue weighted by atomic mass is 10.0. The Kier molecular flexibility index (Phi) is 4.52. The maximum absolute atomic E-state index is 5.29. The minimum Gasteiger partial charge on any atom is -0.497 e. The van der Waals surface area contributed by atoms with Crippen molar-refractivity contribution in [1.29, 1.82) is 0 Å². The zero-order chi connectivity index (χ0) is 20.5. The van der Waals surface area contributed by atoms with Gasteiger partial charge in [-0.15, -0.1) is 10.2 Å². The predicted octanol–water partition coefficient (Wildman–Crippen LogP) is 4.36. The van der Waals surface area contributed by atoms with E-state index in [2.05, 4.69) is 39.0 Å². The number of hydrogen-bond acceptors (Lipinski definition) is 5. The highest BCUT2D eigenvalue weighted by Gasteiger charge is 2.26. The van der Waals surface area contributed by atoms with E-state index in [9.17, 15) is 0 Å². The van der Waals surface area contributed by atoms with E-state index in [1.807, 2.05) is 66.5 Å². The molecule has 0 amide bonds. The summed E-state index contributed by atoms with van der Waals surface area (Å²) < 4.78 is 7.36. The third-order valence-corrected chi connectivity index (χ3v) is 5.20. The molecular formula is C24H21N5O. The van der Waals surface area contributed by atoms with Gasteiger partial charge in [-0.3, -0.25) is 4.57 Å². The summed E-state index contributed by atoms with van der Waals surface area (Å²) >= 11 is 0. The number of hydrazone groups is 1. The van der Waals surface area contributed by atoms with Crippen LogP contribution in [0.2, 0.25) is 0 Å². The standard InChI is InChI=1S/C24H21N5O/c1-17-25-26-24-28(16-18-12-14-20(30-2)15-13-18)27-23(19-8-4-3-5-9-19)21-10-6-7-11-22(21)29(17)24/h3-15H,16H2,1-2H3. The van der Waals surface area contributed by atoms with Gasteiger partial charge in [0.05, 0.1) is 19.3 Å². The van der Waals surface area contributed by atoms with Crippen LogP contribution in [-0.2, 0) is 6.54 Å². The van der Waals surface area contributed by atoms with Gasteiger partial charge in [-0.1, -0.05) is 60.7 Å². The molecule has 1 aliphatic heterocycles. The summed E-state index contributed by atoms with van der Waals surface area (Å²) in [5.41, 5.74) is 5.13. The van der Waals surface area contributed by atoms with Gasteiger partial charge < -0.3 is 4.74 Å². The second-order valence-corrected chi connectivity index (χ2v) is 7.12. The van der Waals surface area contributed by atoms with E-state index in [4.69, 9.17) is 9.84 Å². The smallest absolute Gasteiger partial charge is 0.252 e. The fraction of sp³-hybridized carbons (Fsp3) is 0.125. The average molecular weight is 395 g/mol. The van der Waals surface area contributed by atoms with Crippen LogP contribution >= 0.6 is 0 Å². The molecule has 0 unspecified atom stereocenters. The molecule has 0 saturated heterocycles. The number of fused-ring (bicyclic) bond motifs is 3. The Morgan fingerprint density at radius 2 is 1.57 bits per heavy atom. The SMILES string of the molecule is COc1ccc(CN2N=C(c3ccccc3)c3ccccc3-n3c(C)nnc32)cc1. The van der Waals surface area contributed by atoms with Crippen molar-refractivity contribution in [2.75, 3.05) is 12.1 Å². The van der Waals surface area contributed by atoms with Gasteiger partial charge in [0.1, 0.15) is 17.3 Å². The van der Waals surface area contributed by atoms with Crippen molar-refractivity contribution in [3.05, 3.63) is 101 Å². The fourth-order valence-electron chi connectivity index (χ4n) is 3.71. The lowest BCUT2D eigenvalue weighted by Crippen LogP contribution is -2.20. The number of hydrogen-bond donors (Lipinski definition) is 0. The third kappa shape index (κ3) is 3.12. The van der Waals surface area contributed by atoms with Gasteiger partial charge in [-0.2, -0.15) is 5.10 Å². The topological polar surface area (TPSA) is 55.5 Å². The number of ether oxygens (including phenoxy) is 1. The van der Waals surface area contributed by atoms with Gasteiger partial charge >= 0.3 is 0 Å². The minimum atomic E-state index is 0.562. The molecule has 0 radical (unpaired) electrons. The van der Waals surface area contributed by atoms with E-state index < -0.39 is 0 Å². The number of para-hydroxylation sites is 1. The Labute approximate surface area is 175 Å². The Morgan fingerprint density at radius 3 is 2.33 bits per heavy atom. The number of nitrogens with zero attached hydrogens (tertiary/aromatic N) is 5. The first kappa shape index (κ1) is 18.1. The monoisotopic (exact) mass is 395 g/mol. The summed E-state index contributed by atoms with van der Waals surface area (Å²) in [7, 11) is 1.67. The maximum atomic E-state index is 5.29. The first-order chi connectivity index (χ1) is 14.7. The molecule has 1 aromatic heterocycles. The van der Waals surface area contributed by atoms with E-state index in [1.165, 1.54) is 0 Å². The molecular weight excluding hydrogens is 374 g/mol. The van der Waals surface area contributed by atoms with E-state index in [-0.39, 0.29) is 0 Å². The number of rotatable bonds is 4. The minimum absolute atomic E-state index is 0.562. The molecule has 148 valence electrons. The van der Waals surface area contributed by atoms with Crippen LogP contribution in [0, 0.1) is 6.92 Å². The second kappa shape index (κ2) is 7.48. The summed E-state index contributed by atoms with van der Waals surface area (Å²) in [6.07, 6.45) is 0. The summed E-state index contributed by atoms with van der Waals surface area (Å²) in [4.78, 5) is 0. The summed E-state index contributed by atoms with van der Waals surface area (Å²) in [5, 5.41) is 15.8. The van der Waals surface area contributed by atoms with E-state index in [1.54, 1.807) is 7.11 Å². The maximum Gasteiger partial charge on any atom is 0.252 e. The Morgan fingerprint density at radius 1 is 0.833 bits per heavy atom. The van der Waals surface area contributed by atoms with Crippen LogP contribution < -0.4 is 9.75 Å². The normalized spacial score (nSPS) is 12.6. The summed E-state index contributed by atoms with van der Waals surface area (Å²) in [5.74, 6) is 2.35. The second-order valence-electron chi connectivity index (χ2n) is 7.12. The number of anilines is 1. The van der Waals surface area contributed by atoms with Gasteiger partial charge in [0.15, 0.2) is 0 Å². The highest BCUT2D eigenvalue weighted by Crippen LogP contribution is 2.30. The molecule has 1 aliphatic rings. The molecule has 0 aliphatic carbocycles. The van der Waals surface area contributed by atoms with E-state index in [0.29, 0.717) is 12.5 Å². The lowest BCUT2D eigenvalue weighted by molar-refractivity contribution is 0.414. The van der Waals surface area contributed by atoms with Gasteiger partial charge in [-0.25, -0.2) is 5.01 Å². The van der Waals surface area contributed by atoms with Crippen molar-refractivity contribution in [3.63, 3.8) is 0 Å². The van der Waals surface area contributed by atoms with Crippen LogP contribution in [0.4, 0.5) is 5.95 Å². The summed E-state index contributed by atoms with van der Waals surface area (Å²) in [6.45, 7) is 2.53. The van der Waals surface area contributed by atoms with Gasteiger partial charge in [0.2, 0.25) is 0 Å². The first-order valence-corrected chi connectivity index (χ1v) is 9.81. The molecule has 6 nitrogen and oxygen atoms in total.